The third kappa shape index (κ3) is 3.97. The number of hydrogen-bond donors (Lipinski definition) is 1. The molecule has 98 valence electrons. The van der Waals surface area contributed by atoms with E-state index in [1.807, 2.05) is 32.9 Å². The van der Waals surface area contributed by atoms with Crippen molar-refractivity contribution < 1.29 is 14.7 Å². The number of carbonyl (C=O) groups excluding carboxylic acids is 1. The van der Waals surface area contributed by atoms with E-state index in [4.69, 9.17) is 5.11 Å². The molecule has 1 N–H and O–H groups in total. The van der Waals surface area contributed by atoms with Gasteiger partial charge in [-0.1, -0.05) is 0 Å². The fraction of sp³-hybridized carbons (Fsp3) is 0.385. The van der Waals surface area contributed by atoms with Gasteiger partial charge in [0.05, 0.1) is 0 Å². The van der Waals surface area contributed by atoms with Gasteiger partial charge in [-0.3, -0.25) is 9.59 Å². The Bertz CT molecular complexity index is 448. The summed E-state index contributed by atoms with van der Waals surface area (Å²) in [7, 11) is 0. The summed E-state index contributed by atoms with van der Waals surface area (Å²) < 4.78 is 1.03. The van der Waals surface area contributed by atoms with Crippen molar-refractivity contribution in [1.29, 1.82) is 0 Å². The summed E-state index contributed by atoms with van der Waals surface area (Å²) in [6, 6.07) is 7.08. The van der Waals surface area contributed by atoms with Crippen LogP contribution in [0.5, 0.6) is 0 Å². The van der Waals surface area contributed by atoms with Crippen LogP contribution < -0.4 is 0 Å². The van der Waals surface area contributed by atoms with Gasteiger partial charge in [-0.15, -0.1) is 0 Å². The summed E-state index contributed by atoms with van der Waals surface area (Å²) in [4.78, 5) is 24.5. The molecule has 0 heterocycles. The highest BCUT2D eigenvalue weighted by Gasteiger charge is 2.29. The number of carboxylic acid groups (broad SMARTS) is 1. The molecule has 18 heavy (non-hydrogen) atoms. The fourth-order valence-electron chi connectivity index (χ4n) is 1.50. The summed E-state index contributed by atoms with van der Waals surface area (Å²) in [5.74, 6) is -1.27. The Morgan fingerprint density at radius 1 is 1.22 bits per heavy atom. The molecule has 0 aliphatic heterocycles. The summed E-state index contributed by atoms with van der Waals surface area (Å²) >= 11 is 2.15. The first-order valence-corrected chi connectivity index (χ1v) is 6.59. The molecule has 0 atom stereocenters. The van der Waals surface area contributed by atoms with Gasteiger partial charge in [0.15, 0.2) is 0 Å². The smallest absolute Gasteiger partial charge is 0.323 e. The first-order valence-electron chi connectivity index (χ1n) is 5.51. The van der Waals surface area contributed by atoms with Crippen molar-refractivity contribution in [3.05, 3.63) is 33.4 Å². The number of halogens is 1. The molecule has 1 aromatic carbocycles. The molecule has 0 bridgehead atoms. The normalized spacial score (nSPS) is 11.1. The number of nitrogens with zero attached hydrogens (tertiary/aromatic N) is 1. The van der Waals surface area contributed by atoms with E-state index in [1.165, 1.54) is 4.90 Å². The van der Waals surface area contributed by atoms with Crippen LogP contribution >= 0.6 is 22.6 Å². The summed E-state index contributed by atoms with van der Waals surface area (Å²) in [6.45, 7) is 5.16. The number of carbonyl (C=O) groups is 2. The molecule has 4 nitrogen and oxygen atoms in total. The highest BCUT2D eigenvalue weighted by atomic mass is 127. The minimum atomic E-state index is -1.01. The van der Waals surface area contributed by atoms with Crippen molar-refractivity contribution in [2.45, 2.75) is 26.3 Å². The molecule has 5 heteroatoms. The third-order valence-corrected chi connectivity index (χ3v) is 3.16. The number of amides is 1. The zero-order valence-electron chi connectivity index (χ0n) is 10.6. The summed E-state index contributed by atoms with van der Waals surface area (Å²) in [5, 5.41) is 8.89. The van der Waals surface area contributed by atoms with E-state index < -0.39 is 11.5 Å². The lowest BCUT2D eigenvalue weighted by Gasteiger charge is -2.34. The highest BCUT2D eigenvalue weighted by Crippen LogP contribution is 2.17. The Morgan fingerprint density at radius 3 is 2.11 bits per heavy atom. The molecule has 0 unspecified atom stereocenters. The van der Waals surface area contributed by atoms with Crippen LogP contribution in [0.15, 0.2) is 24.3 Å². The molecule has 0 spiro atoms. The van der Waals surface area contributed by atoms with Gasteiger partial charge in [0.2, 0.25) is 0 Å². The second-order valence-electron chi connectivity index (χ2n) is 4.96. The van der Waals surface area contributed by atoms with Crippen molar-refractivity contribution in [1.82, 2.24) is 4.90 Å². The first-order chi connectivity index (χ1) is 8.21. The highest BCUT2D eigenvalue weighted by molar-refractivity contribution is 14.1. The van der Waals surface area contributed by atoms with Gasteiger partial charge in [0, 0.05) is 14.7 Å². The number of aliphatic carboxylic acids is 1. The van der Waals surface area contributed by atoms with Gasteiger partial charge in [-0.25, -0.2) is 0 Å². The van der Waals surface area contributed by atoms with E-state index in [1.54, 1.807) is 12.1 Å². The lowest BCUT2D eigenvalue weighted by Crippen LogP contribution is -2.48. The number of hydrogen-bond acceptors (Lipinski definition) is 2. The Kier molecular flexibility index (Phi) is 4.72. The molecule has 0 radical (unpaired) electrons. The van der Waals surface area contributed by atoms with E-state index in [2.05, 4.69) is 22.6 Å². The minimum absolute atomic E-state index is 0.263. The van der Waals surface area contributed by atoms with Crippen LogP contribution in [0.25, 0.3) is 0 Å². The Labute approximate surface area is 120 Å². The van der Waals surface area contributed by atoms with Crippen LogP contribution in [0.4, 0.5) is 0 Å². The predicted molar refractivity (Wildman–Crippen MR) is 77.6 cm³/mol. The molecule has 1 amide bonds. The topological polar surface area (TPSA) is 57.6 Å². The van der Waals surface area contributed by atoms with Gasteiger partial charge >= 0.3 is 5.97 Å². The second-order valence-corrected chi connectivity index (χ2v) is 6.21. The maximum Gasteiger partial charge on any atom is 0.323 e. The van der Waals surface area contributed by atoms with Gasteiger partial charge in [-0.2, -0.15) is 0 Å². The lowest BCUT2D eigenvalue weighted by atomic mass is 10.0. The predicted octanol–water partition coefficient (Wildman–Crippen LogP) is 2.62. The SMILES string of the molecule is CC(C)(C)N(CC(=O)O)C(=O)c1ccc(I)cc1. The van der Waals surface area contributed by atoms with Crippen molar-refractivity contribution in [2.75, 3.05) is 6.54 Å². The van der Waals surface area contributed by atoms with Crippen LogP contribution in [-0.2, 0) is 4.79 Å². The van der Waals surface area contributed by atoms with Gasteiger partial charge in [0.25, 0.3) is 5.91 Å². The standard InChI is InChI=1S/C13H16INO3/c1-13(2,3)15(8-11(16)17)12(18)9-4-6-10(14)7-5-9/h4-7H,8H2,1-3H3,(H,16,17). The molecule has 0 aromatic heterocycles. The van der Waals surface area contributed by atoms with Crippen LogP contribution in [0.2, 0.25) is 0 Å². The molecule has 0 aliphatic rings. The average molecular weight is 361 g/mol. The molecular formula is C13H16INO3. The summed E-state index contributed by atoms with van der Waals surface area (Å²) in [5.41, 5.74) is -0.0232. The molecular weight excluding hydrogens is 345 g/mol. The maximum atomic E-state index is 12.3. The van der Waals surface area contributed by atoms with Crippen molar-refractivity contribution in [3.8, 4) is 0 Å². The van der Waals surface area contributed by atoms with Gasteiger partial charge in [0.1, 0.15) is 6.54 Å². The zero-order valence-corrected chi connectivity index (χ0v) is 12.8. The van der Waals surface area contributed by atoms with Crippen molar-refractivity contribution >= 4 is 34.5 Å². The number of benzene rings is 1. The monoisotopic (exact) mass is 361 g/mol. The number of carboxylic acids is 1. The van der Waals surface area contributed by atoms with Crippen LogP contribution in [0, 0.1) is 3.57 Å². The Morgan fingerprint density at radius 2 is 1.72 bits per heavy atom. The lowest BCUT2D eigenvalue weighted by molar-refractivity contribution is -0.138. The average Bonchev–Trinajstić information content (AvgIpc) is 2.24. The van der Waals surface area contributed by atoms with Crippen molar-refractivity contribution in [2.24, 2.45) is 0 Å². The van der Waals surface area contributed by atoms with E-state index in [0.29, 0.717) is 5.56 Å². The first kappa shape index (κ1) is 14.9. The Balaban J connectivity index is 3.02. The van der Waals surface area contributed by atoms with Crippen LogP contribution in [-0.4, -0.2) is 34.0 Å². The van der Waals surface area contributed by atoms with Gasteiger partial charge < -0.3 is 10.0 Å². The van der Waals surface area contributed by atoms with Crippen molar-refractivity contribution in [3.63, 3.8) is 0 Å². The largest absolute Gasteiger partial charge is 0.480 e. The minimum Gasteiger partial charge on any atom is -0.480 e. The van der Waals surface area contributed by atoms with Crippen LogP contribution in [0.3, 0.4) is 0 Å². The molecule has 0 saturated heterocycles. The van der Waals surface area contributed by atoms with Crippen LogP contribution in [0.1, 0.15) is 31.1 Å². The molecule has 0 aliphatic carbocycles. The van der Waals surface area contributed by atoms with E-state index >= 15 is 0 Å². The molecule has 1 rings (SSSR count). The Hall–Kier alpha value is -1.11. The summed E-state index contributed by atoms with van der Waals surface area (Å²) in [6.07, 6.45) is 0. The van der Waals surface area contributed by atoms with Gasteiger partial charge in [-0.05, 0) is 67.6 Å². The van der Waals surface area contributed by atoms with E-state index in [-0.39, 0.29) is 12.5 Å². The number of rotatable bonds is 3. The fourth-order valence-corrected chi connectivity index (χ4v) is 1.86. The van der Waals surface area contributed by atoms with E-state index in [9.17, 15) is 9.59 Å². The molecule has 0 fully saturated rings. The second kappa shape index (κ2) is 5.69. The maximum absolute atomic E-state index is 12.3. The molecule has 0 saturated carbocycles. The zero-order chi connectivity index (χ0) is 13.9. The molecule has 1 aromatic rings. The van der Waals surface area contributed by atoms with E-state index in [0.717, 1.165) is 3.57 Å². The third-order valence-electron chi connectivity index (χ3n) is 2.44. The quantitative estimate of drug-likeness (QED) is 0.843.